The summed E-state index contributed by atoms with van der Waals surface area (Å²) in [5.74, 6) is -3.10. The van der Waals surface area contributed by atoms with Crippen LogP contribution in [0.1, 0.15) is 53.4 Å². The monoisotopic (exact) mass is 344 g/mol. The van der Waals surface area contributed by atoms with Crippen LogP contribution in [0.25, 0.3) is 0 Å². The minimum Gasteiger partial charge on any atom is -0.392 e. The Morgan fingerprint density at radius 2 is 1.00 bits per heavy atom. The van der Waals surface area contributed by atoms with Crippen molar-refractivity contribution in [2.45, 2.75) is 65.5 Å². The molecular formula is C16H28N2O6. The molecule has 0 aromatic heterocycles. The quantitative estimate of drug-likeness (QED) is 0.459. The molecule has 0 heterocycles. The van der Waals surface area contributed by atoms with E-state index in [9.17, 15) is 19.2 Å². The Morgan fingerprint density at radius 3 is 1.25 bits per heavy atom. The van der Waals surface area contributed by atoms with Gasteiger partial charge in [-0.05, 0) is 24.7 Å². The lowest BCUT2D eigenvalue weighted by Crippen LogP contribution is -2.35. The number of carbonyl (C=O) groups is 4. The van der Waals surface area contributed by atoms with Crippen molar-refractivity contribution in [3.8, 4) is 0 Å². The molecule has 0 rings (SSSR count). The second-order valence-corrected chi connectivity index (χ2v) is 6.56. The Hall–Kier alpha value is -1.80. The smallest absolute Gasteiger partial charge is 0.330 e. The number of carbonyl (C=O) groups excluding carboxylic acids is 4. The van der Waals surface area contributed by atoms with Crippen LogP contribution in [-0.2, 0) is 28.7 Å². The van der Waals surface area contributed by atoms with Crippen molar-refractivity contribution in [2.75, 3.05) is 0 Å². The van der Waals surface area contributed by atoms with Gasteiger partial charge in [0, 0.05) is 0 Å². The molecule has 0 aromatic carbocycles. The van der Waals surface area contributed by atoms with Crippen LogP contribution in [0.5, 0.6) is 0 Å². The maximum atomic E-state index is 11.5. The average Bonchev–Trinajstić information content (AvgIpc) is 2.43. The van der Waals surface area contributed by atoms with Gasteiger partial charge in [-0.2, -0.15) is 0 Å². The molecule has 0 saturated carbocycles. The van der Waals surface area contributed by atoms with Crippen LogP contribution < -0.4 is 11.5 Å². The van der Waals surface area contributed by atoms with Gasteiger partial charge in [0.2, 0.25) is 0 Å². The van der Waals surface area contributed by atoms with Crippen LogP contribution in [0.3, 0.4) is 0 Å². The van der Waals surface area contributed by atoms with Gasteiger partial charge in [-0.15, -0.1) is 0 Å². The molecule has 4 N–H and O–H groups in total. The first-order valence-electron chi connectivity index (χ1n) is 8.03. The maximum Gasteiger partial charge on any atom is 0.330 e. The average molecular weight is 344 g/mol. The van der Waals surface area contributed by atoms with E-state index >= 15 is 0 Å². The third kappa shape index (κ3) is 10.1. The molecule has 0 saturated heterocycles. The summed E-state index contributed by atoms with van der Waals surface area (Å²) in [7, 11) is 0. The van der Waals surface area contributed by atoms with E-state index in [-0.39, 0.29) is 24.7 Å². The largest absolute Gasteiger partial charge is 0.392 e. The van der Waals surface area contributed by atoms with Crippen molar-refractivity contribution in [3.63, 3.8) is 0 Å². The van der Waals surface area contributed by atoms with Crippen LogP contribution in [0.4, 0.5) is 0 Å². The van der Waals surface area contributed by atoms with E-state index in [1.807, 2.05) is 27.7 Å². The van der Waals surface area contributed by atoms with Crippen molar-refractivity contribution in [2.24, 2.45) is 23.3 Å². The highest BCUT2D eigenvalue weighted by molar-refractivity contribution is 5.92. The Balaban J connectivity index is 4.16. The summed E-state index contributed by atoms with van der Waals surface area (Å²) in [6.45, 7) is 7.52. The number of ether oxygens (including phenoxy) is 2. The SMILES string of the molecule is CC(C)C[C@H](N)C(=O)OC(=O)CCC(=O)OC(=O)[C@@H](N)CC(C)C. The molecule has 0 aromatic rings. The van der Waals surface area contributed by atoms with E-state index < -0.39 is 36.0 Å². The van der Waals surface area contributed by atoms with Gasteiger partial charge in [-0.1, -0.05) is 27.7 Å². The zero-order valence-electron chi connectivity index (χ0n) is 14.7. The molecule has 0 unspecified atom stereocenters. The summed E-state index contributed by atoms with van der Waals surface area (Å²) < 4.78 is 9.10. The van der Waals surface area contributed by atoms with Gasteiger partial charge >= 0.3 is 23.9 Å². The Labute approximate surface area is 142 Å². The van der Waals surface area contributed by atoms with Gasteiger partial charge in [-0.25, -0.2) is 9.59 Å². The summed E-state index contributed by atoms with van der Waals surface area (Å²) in [6.07, 6.45) is 0.00410. The third-order valence-electron chi connectivity index (χ3n) is 3.02. The lowest BCUT2D eigenvalue weighted by molar-refractivity contribution is -0.166. The van der Waals surface area contributed by atoms with E-state index in [4.69, 9.17) is 11.5 Å². The molecule has 0 fully saturated rings. The number of rotatable bonds is 9. The molecule has 0 spiro atoms. The molecule has 0 bridgehead atoms. The fourth-order valence-electron chi connectivity index (χ4n) is 1.89. The molecule has 0 amide bonds. The first-order valence-corrected chi connectivity index (χ1v) is 8.03. The molecule has 8 nitrogen and oxygen atoms in total. The van der Waals surface area contributed by atoms with Gasteiger partial charge in [0.05, 0.1) is 12.8 Å². The van der Waals surface area contributed by atoms with Gasteiger partial charge < -0.3 is 20.9 Å². The zero-order chi connectivity index (χ0) is 18.9. The summed E-state index contributed by atoms with van der Waals surface area (Å²) in [5.41, 5.74) is 11.2. The van der Waals surface area contributed by atoms with Gasteiger partial charge in [-0.3, -0.25) is 9.59 Å². The normalized spacial score (nSPS) is 13.5. The molecule has 24 heavy (non-hydrogen) atoms. The van der Waals surface area contributed by atoms with E-state index in [2.05, 4.69) is 9.47 Å². The minimum atomic E-state index is -0.893. The van der Waals surface area contributed by atoms with Crippen molar-refractivity contribution in [1.82, 2.24) is 0 Å². The number of esters is 4. The van der Waals surface area contributed by atoms with E-state index in [1.54, 1.807) is 0 Å². The summed E-state index contributed by atoms with van der Waals surface area (Å²) in [4.78, 5) is 46.1. The summed E-state index contributed by atoms with van der Waals surface area (Å²) >= 11 is 0. The van der Waals surface area contributed by atoms with Crippen LogP contribution >= 0.6 is 0 Å². The molecule has 2 atom stereocenters. The van der Waals surface area contributed by atoms with E-state index in [0.717, 1.165) is 0 Å². The molecule has 138 valence electrons. The summed E-state index contributed by atoms with van der Waals surface area (Å²) in [6, 6.07) is -1.78. The van der Waals surface area contributed by atoms with Crippen LogP contribution in [0.15, 0.2) is 0 Å². The molecule has 0 aliphatic carbocycles. The first-order chi connectivity index (χ1) is 11.0. The molecule has 0 aliphatic rings. The predicted octanol–water partition coefficient (Wildman–Crippen LogP) is 0.653. The molecular weight excluding hydrogens is 316 g/mol. The second kappa shape index (κ2) is 10.9. The lowest BCUT2D eigenvalue weighted by atomic mass is 10.1. The van der Waals surface area contributed by atoms with E-state index in [1.165, 1.54) is 0 Å². The van der Waals surface area contributed by atoms with E-state index in [0.29, 0.717) is 12.8 Å². The third-order valence-corrected chi connectivity index (χ3v) is 3.02. The Kier molecular flexibility index (Phi) is 10.1. The molecule has 0 radical (unpaired) electrons. The van der Waals surface area contributed by atoms with Crippen LogP contribution in [0, 0.1) is 11.8 Å². The summed E-state index contributed by atoms with van der Waals surface area (Å²) in [5, 5.41) is 0. The van der Waals surface area contributed by atoms with Crippen molar-refractivity contribution in [1.29, 1.82) is 0 Å². The van der Waals surface area contributed by atoms with Gasteiger partial charge in [0.15, 0.2) is 0 Å². The predicted molar refractivity (Wildman–Crippen MR) is 86.3 cm³/mol. The second-order valence-electron chi connectivity index (χ2n) is 6.56. The topological polar surface area (TPSA) is 139 Å². The van der Waals surface area contributed by atoms with Crippen LogP contribution in [0.2, 0.25) is 0 Å². The zero-order valence-corrected chi connectivity index (χ0v) is 14.7. The fraction of sp³-hybridized carbons (Fsp3) is 0.750. The highest BCUT2D eigenvalue weighted by atomic mass is 16.6. The van der Waals surface area contributed by atoms with Crippen molar-refractivity contribution < 1.29 is 28.7 Å². The molecule has 0 aliphatic heterocycles. The maximum absolute atomic E-state index is 11.5. The number of hydrogen-bond donors (Lipinski definition) is 2. The van der Waals surface area contributed by atoms with Gasteiger partial charge in [0.25, 0.3) is 0 Å². The number of hydrogen-bond acceptors (Lipinski definition) is 8. The number of nitrogens with two attached hydrogens (primary N) is 2. The van der Waals surface area contributed by atoms with Crippen molar-refractivity contribution >= 4 is 23.9 Å². The standard InChI is InChI=1S/C16H28N2O6/c1-9(2)7-11(17)15(21)23-13(19)5-6-14(20)24-16(22)12(18)8-10(3)4/h9-12H,5-8,17-18H2,1-4H3/t11-,12-/m0/s1. The molecule has 8 heteroatoms. The Bertz CT molecular complexity index is 419. The highest BCUT2D eigenvalue weighted by Crippen LogP contribution is 2.07. The Morgan fingerprint density at radius 1 is 0.708 bits per heavy atom. The van der Waals surface area contributed by atoms with Crippen molar-refractivity contribution in [3.05, 3.63) is 0 Å². The lowest BCUT2D eigenvalue weighted by Gasteiger charge is -2.13. The van der Waals surface area contributed by atoms with Gasteiger partial charge in [0.1, 0.15) is 12.1 Å². The fourth-order valence-corrected chi connectivity index (χ4v) is 1.89. The van der Waals surface area contributed by atoms with Crippen LogP contribution in [-0.4, -0.2) is 36.0 Å². The highest BCUT2D eigenvalue weighted by Gasteiger charge is 2.23. The minimum absolute atomic E-state index is 0.179. The first kappa shape index (κ1) is 22.2.